The molecule has 4 rings (SSSR count). The molecule has 0 aromatic carbocycles. The smallest absolute Gasteiger partial charge is 1.00 e. The van der Waals surface area contributed by atoms with Crippen molar-refractivity contribution in [2.45, 2.75) is 141 Å². The molecule has 2 nitrogen and oxygen atoms in total. The van der Waals surface area contributed by atoms with Crippen LogP contribution < -0.4 is 24.8 Å². The third-order valence-corrected chi connectivity index (χ3v) is 23.6. The molecule has 0 saturated heterocycles. The van der Waals surface area contributed by atoms with Gasteiger partial charge in [0.05, 0.1) is 0 Å². The summed E-state index contributed by atoms with van der Waals surface area (Å²) in [6, 6.07) is 0. The Balaban J connectivity index is 0.00000241. The van der Waals surface area contributed by atoms with E-state index < -0.39 is 39.5 Å². The number of halogens is 2. The molecule has 0 N–H and O–H groups in total. The maximum absolute atomic E-state index is 7.25. The first-order valence-electron chi connectivity index (χ1n) is 14.1. The third-order valence-electron chi connectivity index (χ3n) is 9.69. The normalized spacial score (nSPS) is 24.5. The summed E-state index contributed by atoms with van der Waals surface area (Å²) >= 11 is -1.29. The van der Waals surface area contributed by atoms with Gasteiger partial charge in [-0.15, -0.1) is 0 Å². The van der Waals surface area contributed by atoms with E-state index in [0.717, 1.165) is 0 Å². The fourth-order valence-corrected chi connectivity index (χ4v) is 14.2. The fraction of sp³-hybridized carbons (Fsp3) is 0.733. The number of rotatable bonds is 6. The van der Waals surface area contributed by atoms with Crippen LogP contribution >= 0.6 is 0 Å². The van der Waals surface area contributed by atoms with Crippen LogP contribution in [0.25, 0.3) is 0 Å². The van der Waals surface area contributed by atoms with Gasteiger partial charge in [0.2, 0.25) is 0 Å². The molecule has 37 heavy (non-hydrogen) atoms. The summed E-state index contributed by atoms with van der Waals surface area (Å²) in [5, 5.41) is 0.482. The van der Waals surface area contributed by atoms with Crippen molar-refractivity contribution in [2.75, 3.05) is 0 Å². The van der Waals surface area contributed by atoms with Gasteiger partial charge in [0.25, 0.3) is 0 Å². The minimum atomic E-state index is -1.85. The Morgan fingerprint density at radius 3 is 1.27 bits per heavy atom. The van der Waals surface area contributed by atoms with Crippen LogP contribution in [-0.2, 0) is 31.8 Å². The SMILES string of the molecule is CC(C)(C)[Si](C)(C)O[C@@H]1[C]([Hf+2][C]2=CC3=C(CCCC3)[C@H]2O[Si](C)(C)C(C)(C)C)=CC2=C1CCCC2.[Cl-].[Cl-]. The maximum Gasteiger partial charge on any atom is -1.00 e. The van der Waals surface area contributed by atoms with Crippen LogP contribution in [-0.4, -0.2) is 28.8 Å². The summed E-state index contributed by atoms with van der Waals surface area (Å²) in [4.78, 5) is 0. The van der Waals surface area contributed by atoms with E-state index in [2.05, 4.69) is 79.9 Å². The number of allylic oxidation sites excluding steroid dienone is 4. The van der Waals surface area contributed by atoms with Crippen LogP contribution in [0, 0.1) is 0 Å². The van der Waals surface area contributed by atoms with Crippen LogP contribution in [0.15, 0.2) is 41.1 Å². The van der Waals surface area contributed by atoms with Crippen molar-refractivity contribution in [1.82, 2.24) is 0 Å². The summed E-state index contributed by atoms with van der Waals surface area (Å²) < 4.78 is 17.9. The molecule has 0 heterocycles. The van der Waals surface area contributed by atoms with Gasteiger partial charge in [-0.1, -0.05) is 0 Å². The van der Waals surface area contributed by atoms with Crippen molar-refractivity contribution in [3.63, 3.8) is 0 Å². The molecule has 0 aromatic heterocycles. The molecule has 4 aliphatic rings. The Morgan fingerprint density at radius 2 is 0.946 bits per heavy atom. The first kappa shape index (κ1) is 34.0. The fourth-order valence-electron chi connectivity index (χ4n) is 5.32. The van der Waals surface area contributed by atoms with E-state index in [0.29, 0.717) is 0 Å². The molecule has 0 aromatic rings. The first-order chi connectivity index (χ1) is 16.1. The van der Waals surface area contributed by atoms with Crippen molar-refractivity contribution in [2.24, 2.45) is 0 Å². The van der Waals surface area contributed by atoms with Crippen molar-refractivity contribution >= 4 is 16.6 Å². The van der Waals surface area contributed by atoms with E-state index in [1.54, 1.807) is 29.0 Å². The molecular weight excluding hydrogens is 698 g/mol. The van der Waals surface area contributed by atoms with Gasteiger partial charge < -0.3 is 24.8 Å². The van der Waals surface area contributed by atoms with Gasteiger partial charge in [-0.3, -0.25) is 0 Å². The van der Waals surface area contributed by atoms with Crippen LogP contribution in [0.4, 0.5) is 0 Å². The molecule has 4 aliphatic carbocycles. The zero-order chi connectivity index (χ0) is 25.8. The summed E-state index contributed by atoms with van der Waals surface area (Å²) in [6.45, 7) is 24.1. The van der Waals surface area contributed by atoms with Gasteiger partial charge in [-0.05, 0) is 0 Å². The van der Waals surface area contributed by atoms with Gasteiger partial charge in [0.15, 0.2) is 0 Å². The van der Waals surface area contributed by atoms with E-state index in [9.17, 15) is 0 Å². The minimum Gasteiger partial charge on any atom is -1.00 e. The quantitative estimate of drug-likeness (QED) is 0.389. The predicted octanol–water partition coefficient (Wildman–Crippen LogP) is 3.39. The van der Waals surface area contributed by atoms with Crippen molar-refractivity contribution in [1.29, 1.82) is 0 Å². The topological polar surface area (TPSA) is 18.5 Å². The number of hydrogen-bond acceptors (Lipinski definition) is 2. The Bertz CT molecular complexity index is 903. The monoisotopic (exact) mass is 748 g/mol. The third kappa shape index (κ3) is 7.16. The summed E-state index contributed by atoms with van der Waals surface area (Å²) in [5.74, 6) is 0. The van der Waals surface area contributed by atoms with E-state index in [4.69, 9.17) is 8.85 Å². The van der Waals surface area contributed by atoms with Crippen LogP contribution in [0.2, 0.25) is 36.3 Å². The minimum absolute atomic E-state index is 0. The summed E-state index contributed by atoms with van der Waals surface area (Å²) in [7, 11) is -3.71. The molecule has 0 bridgehead atoms. The van der Waals surface area contributed by atoms with E-state index >= 15 is 0 Å². The van der Waals surface area contributed by atoms with Crippen molar-refractivity contribution in [3.8, 4) is 0 Å². The number of hydrogen-bond donors (Lipinski definition) is 0. The van der Waals surface area contributed by atoms with Crippen LogP contribution in [0.3, 0.4) is 0 Å². The van der Waals surface area contributed by atoms with Gasteiger partial charge in [-0.25, -0.2) is 0 Å². The Labute approximate surface area is 254 Å². The standard InChI is InChI=1S/2C15H25OSi.2ClH.Hf/c2*1-15(2,3)17(4,5)16-14-11-10-12-8-6-7-9-13(12)14;;;/h2*10,14H,6-9H2,1-5H3;2*1H;/q;;;;+2/p-2/t2*14-;;;/m10.../s1. The maximum atomic E-state index is 7.25. The molecule has 208 valence electrons. The molecule has 0 aliphatic heterocycles. The van der Waals surface area contributed by atoms with Crippen molar-refractivity contribution < 1.29 is 56.6 Å². The second-order valence-electron chi connectivity index (χ2n) is 14.4. The summed E-state index contributed by atoms with van der Waals surface area (Å²) in [5.41, 5.74) is 6.59. The average molecular weight is 748 g/mol. The first-order valence-corrected chi connectivity index (χ1v) is 23.5. The largest absolute Gasteiger partial charge is 1.00 e. The molecule has 0 spiro atoms. The molecule has 0 fully saturated rings. The molecular formula is C30H50Cl2HfO2Si2. The molecule has 7 heteroatoms. The van der Waals surface area contributed by atoms with Gasteiger partial charge in [-0.2, -0.15) is 0 Å². The molecule has 0 radical (unpaired) electrons. The predicted molar refractivity (Wildman–Crippen MR) is 151 cm³/mol. The zero-order valence-electron chi connectivity index (χ0n) is 25.0. The van der Waals surface area contributed by atoms with E-state index in [1.165, 1.54) is 51.4 Å². The molecule has 0 amide bonds. The second-order valence-corrected chi connectivity index (χ2v) is 28.9. The van der Waals surface area contributed by atoms with Gasteiger partial charge >= 0.3 is 231 Å². The van der Waals surface area contributed by atoms with Crippen LogP contribution in [0.1, 0.15) is 92.9 Å². The molecule has 0 unspecified atom stereocenters. The Kier molecular flexibility index (Phi) is 11.3. The summed E-state index contributed by atoms with van der Waals surface area (Å²) in [6.07, 6.45) is 16.2. The van der Waals surface area contributed by atoms with E-state index in [1.807, 2.05) is 0 Å². The molecule has 0 saturated carbocycles. The van der Waals surface area contributed by atoms with Crippen LogP contribution in [0.5, 0.6) is 0 Å². The van der Waals surface area contributed by atoms with Gasteiger partial charge in [0.1, 0.15) is 0 Å². The second kappa shape index (κ2) is 12.3. The van der Waals surface area contributed by atoms with Gasteiger partial charge in [0, 0.05) is 0 Å². The zero-order valence-corrected chi connectivity index (χ0v) is 32.1. The Hall–Kier alpha value is 0.764. The van der Waals surface area contributed by atoms with Crippen molar-refractivity contribution in [3.05, 3.63) is 41.1 Å². The van der Waals surface area contributed by atoms with E-state index in [-0.39, 0.29) is 47.1 Å². The average Bonchev–Trinajstić information content (AvgIpc) is 3.24. The Morgan fingerprint density at radius 1 is 0.622 bits per heavy atom. The molecule has 2 atom stereocenters.